The SMILES string of the molecule is Cc1ccc(-c2ccc3c4ccc(-c5ccc(C)cc5)cc4n(-c4cc(C#N)cc(-n5c6cc(-c7ccc(C)cc7)ccc6c6cc(-c7cc(-c8ccc9c%10ccccc%10n(-c%10cc(C#N)cc(-n%11c%12ccccc%12c%12ccc(-c%13ccc(C)cc%13C)cc%12%11)c%10-c%10ccc(C(F)(F)F)cc%10C(F)(F)F)c9c8)c(C)cc7C)c(-c7ccc(C)cc7)cc65)c4-c4ccc(C(F)(F)F)cc4C(F)(F)F)c3c2)cc1. The van der Waals surface area contributed by atoms with Crippen molar-refractivity contribution in [3.05, 3.63) is 418 Å². The van der Waals surface area contributed by atoms with Gasteiger partial charge in [0.05, 0.1) is 112 Å². The fraction of sp³-hybridized carbons (Fsp3) is 0.0984. The zero-order chi connectivity index (χ0) is 97.3. The number of para-hydroxylation sites is 2. The molecule has 22 rings (SSSR count). The predicted octanol–water partition coefficient (Wildman–Crippen LogP) is 35.4. The van der Waals surface area contributed by atoms with Gasteiger partial charge in [-0.05, 0) is 270 Å². The molecule has 0 saturated heterocycles. The van der Waals surface area contributed by atoms with Gasteiger partial charge in [0.15, 0.2) is 0 Å². The number of alkyl halides is 12. The van der Waals surface area contributed by atoms with Gasteiger partial charge in [-0.2, -0.15) is 63.2 Å². The maximum absolute atomic E-state index is 17.0. The molecule has 682 valence electrons. The van der Waals surface area contributed by atoms with Crippen molar-refractivity contribution in [1.82, 2.24) is 18.3 Å². The van der Waals surface area contributed by atoms with Crippen LogP contribution < -0.4 is 0 Å². The minimum absolute atomic E-state index is 0.00191. The van der Waals surface area contributed by atoms with Crippen LogP contribution in [0, 0.1) is 78.1 Å². The van der Waals surface area contributed by atoms with Crippen molar-refractivity contribution in [2.24, 2.45) is 0 Å². The zero-order valence-corrected chi connectivity index (χ0v) is 76.6. The molecule has 0 radical (unpaired) electrons. The van der Waals surface area contributed by atoms with Gasteiger partial charge in [0.25, 0.3) is 0 Å². The highest BCUT2D eigenvalue weighted by Crippen LogP contribution is 2.55. The third-order valence-electron chi connectivity index (χ3n) is 27.7. The van der Waals surface area contributed by atoms with Crippen molar-refractivity contribution >= 4 is 87.2 Å². The molecule has 22 aromatic rings. The number of hydrogen-bond donors (Lipinski definition) is 0. The first-order valence-electron chi connectivity index (χ1n) is 45.6. The van der Waals surface area contributed by atoms with Crippen molar-refractivity contribution < 1.29 is 52.7 Å². The van der Waals surface area contributed by atoms with Crippen LogP contribution in [0.25, 0.3) is 210 Å². The molecule has 0 spiro atoms. The van der Waals surface area contributed by atoms with Crippen LogP contribution in [0.1, 0.15) is 77.9 Å². The van der Waals surface area contributed by atoms with Crippen molar-refractivity contribution in [3.63, 3.8) is 0 Å². The quantitative estimate of drug-likeness (QED) is 0.108. The van der Waals surface area contributed by atoms with Gasteiger partial charge in [-0.3, -0.25) is 0 Å². The van der Waals surface area contributed by atoms with E-state index in [2.05, 4.69) is 30.3 Å². The largest absolute Gasteiger partial charge is 0.417 e. The van der Waals surface area contributed by atoms with Gasteiger partial charge >= 0.3 is 24.7 Å². The summed E-state index contributed by atoms with van der Waals surface area (Å²) in [5.41, 5.74) is 14.1. The highest BCUT2D eigenvalue weighted by atomic mass is 19.4. The van der Waals surface area contributed by atoms with Crippen LogP contribution in [-0.4, -0.2) is 18.3 Å². The zero-order valence-electron chi connectivity index (χ0n) is 76.6. The topological polar surface area (TPSA) is 67.3 Å². The highest BCUT2D eigenvalue weighted by molar-refractivity contribution is 6.18. The summed E-state index contributed by atoms with van der Waals surface area (Å²) in [5.74, 6) is 0. The summed E-state index contributed by atoms with van der Waals surface area (Å²) >= 11 is 0. The predicted molar refractivity (Wildman–Crippen MR) is 540 cm³/mol. The molecule has 6 nitrogen and oxygen atoms in total. The van der Waals surface area contributed by atoms with E-state index in [-0.39, 0.29) is 57.1 Å². The molecule has 0 aliphatic rings. The molecule has 0 atom stereocenters. The van der Waals surface area contributed by atoms with E-state index in [9.17, 15) is 10.5 Å². The molecule has 140 heavy (non-hydrogen) atoms. The van der Waals surface area contributed by atoms with E-state index in [1.165, 1.54) is 24.3 Å². The monoisotopic (exact) mass is 1860 g/mol. The molecule has 0 bridgehead atoms. The fourth-order valence-corrected chi connectivity index (χ4v) is 20.9. The normalized spacial score (nSPS) is 12.3. The van der Waals surface area contributed by atoms with Crippen LogP contribution in [0.3, 0.4) is 0 Å². The smallest absolute Gasteiger partial charge is 0.308 e. The molecule has 0 unspecified atom stereocenters. The minimum Gasteiger partial charge on any atom is -0.308 e. The van der Waals surface area contributed by atoms with Gasteiger partial charge in [0, 0.05) is 54.2 Å². The third kappa shape index (κ3) is 15.1. The fourth-order valence-electron chi connectivity index (χ4n) is 20.9. The molecule has 0 aliphatic heterocycles. The molecular weight excluding hydrogens is 1780 g/mol. The number of nitrogens with zero attached hydrogens (tertiary/aromatic N) is 6. The number of hydrogen-bond acceptors (Lipinski definition) is 2. The Morgan fingerprint density at radius 2 is 0.500 bits per heavy atom. The van der Waals surface area contributed by atoms with Crippen LogP contribution in [0.2, 0.25) is 0 Å². The molecule has 0 fully saturated rings. The first kappa shape index (κ1) is 88.6. The molecule has 0 saturated carbocycles. The number of halogens is 12. The summed E-state index contributed by atoms with van der Waals surface area (Å²) in [7, 11) is 0. The Morgan fingerprint density at radius 3 is 0.871 bits per heavy atom. The molecule has 4 aromatic heterocycles. The van der Waals surface area contributed by atoms with Crippen molar-refractivity contribution in [2.75, 3.05) is 0 Å². The Labute approximate surface area is 796 Å². The molecule has 18 heteroatoms. The standard InChI is InChI=1S/C122H80F12N6/c1-67-17-26-77(27-18-67)81-34-42-93-94-43-35-82(78-28-19-68(2)20-29-78)56-108(94)139(107(93)55-81)115-53-76(66-136)54-116(118(115)97-48-40-87(120(126,127)128)61-104(97)122(132,133)134)140-109-57-83(79-30-21-69(3)22-31-79)36-44-95(109)102-63-101(100(64-112(102)140)80-32-23-70(4)24-33-80)99-62-98(73(7)50-74(99)8)85-38-46-92-90-14-10-12-16-106(90)138(111(92)59-85)114-52-75(65-135)51-113(117(114)96-47-39-86(119(123,124)125)60-103(96)121(129,130)131)137-105-15-11-9-13-89(105)91-45-37-84(58-110(91)137)88-41-25-71(5)49-72(88)6/h9-64H,1-8H3. The van der Waals surface area contributed by atoms with Gasteiger partial charge in [-0.25, -0.2) is 0 Å². The van der Waals surface area contributed by atoms with Crippen molar-refractivity contribution in [2.45, 2.75) is 80.1 Å². The number of rotatable bonds is 13. The Hall–Kier alpha value is -16.7. The van der Waals surface area contributed by atoms with E-state index in [4.69, 9.17) is 0 Å². The maximum atomic E-state index is 17.0. The minimum atomic E-state index is -5.44. The van der Waals surface area contributed by atoms with E-state index in [0.717, 1.165) is 95.6 Å². The highest BCUT2D eigenvalue weighted by Gasteiger charge is 2.43. The van der Waals surface area contributed by atoms with E-state index in [0.29, 0.717) is 138 Å². The molecule has 4 heterocycles. The Balaban J connectivity index is 0.822. The summed E-state index contributed by atoms with van der Waals surface area (Å²) < 4.78 is 199. The maximum Gasteiger partial charge on any atom is 0.417 e. The summed E-state index contributed by atoms with van der Waals surface area (Å²) in [6.07, 6.45) is -21.3. The molecular formula is C122H80F12N6. The Morgan fingerprint density at radius 1 is 0.200 bits per heavy atom. The van der Waals surface area contributed by atoms with Crippen molar-refractivity contribution in [3.8, 4) is 135 Å². The summed E-state index contributed by atoms with van der Waals surface area (Å²) in [6.45, 7) is 15.8. The van der Waals surface area contributed by atoms with Gasteiger partial charge in [-0.1, -0.05) is 258 Å². The number of fused-ring (bicyclic) bond motifs is 12. The number of aromatic nitrogens is 4. The van der Waals surface area contributed by atoms with E-state index < -0.39 is 58.1 Å². The average Bonchev–Trinajstić information content (AvgIpc) is 1.54. The lowest BCUT2D eigenvalue weighted by atomic mass is 9.87. The van der Waals surface area contributed by atoms with Crippen LogP contribution in [0.5, 0.6) is 0 Å². The first-order valence-corrected chi connectivity index (χ1v) is 45.6. The lowest BCUT2D eigenvalue weighted by Gasteiger charge is -2.24. The Kier molecular flexibility index (Phi) is 20.9. The second-order valence-electron chi connectivity index (χ2n) is 36.7. The van der Waals surface area contributed by atoms with Crippen LogP contribution in [0.4, 0.5) is 52.7 Å². The third-order valence-corrected chi connectivity index (χ3v) is 27.7. The second-order valence-corrected chi connectivity index (χ2v) is 36.7. The number of aryl methyl sites for hydroxylation is 8. The lowest BCUT2D eigenvalue weighted by Crippen LogP contribution is -2.14. The van der Waals surface area contributed by atoms with E-state index in [1.54, 1.807) is 21.3 Å². The average molecular weight is 1860 g/mol. The molecule has 0 amide bonds. The van der Waals surface area contributed by atoms with Gasteiger partial charge in [0.1, 0.15) is 0 Å². The van der Waals surface area contributed by atoms with Crippen molar-refractivity contribution in [1.29, 1.82) is 10.5 Å². The van der Waals surface area contributed by atoms with Crippen LogP contribution in [0.15, 0.2) is 340 Å². The van der Waals surface area contributed by atoms with E-state index >= 15 is 52.7 Å². The van der Waals surface area contributed by atoms with E-state index in [1.807, 2.05) is 313 Å². The van der Waals surface area contributed by atoms with Crippen LogP contribution >= 0.6 is 0 Å². The molecule has 18 aromatic carbocycles. The first-order chi connectivity index (χ1) is 67.1. The number of nitriles is 2. The summed E-state index contributed by atoms with van der Waals surface area (Å²) in [5, 5.41) is 28.6. The van der Waals surface area contributed by atoms with Gasteiger partial charge < -0.3 is 18.3 Å². The lowest BCUT2D eigenvalue weighted by molar-refractivity contribution is -0.144. The van der Waals surface area contributed by atoms with Gasteiger partial charge in [-0.15, -0.1) is 0 Å². The molecule has 0 N–H and O–H groups in total. The Bertz CT molecular complexity index is 8970. The number of benzene rings is 18. The second kappa shape index (κ2) is 33.1. The van der Waals surface area contributed by atoms with Crippen LogP contribution in [-0.2, 0) is 24.7 Å². The molecule has 0 aliphatic carbocycles. The summed E-state index contributed by atoms with van der Waals surface area (Å²) in [4.78, 5) is 0. The summed E-state index contributed by atoms with van der Waals surface area (Å²) in [6, 6.07) is 104. The van der Waals surface area contributed by atoms with Gasteiger partial charge in [0.2, 0.25) is 0 Å².